The lowest BCUT2D eigenvalue weighted by Gasteiger charge is -2.19. The van der Waals surface area contributed by atoms with Crippen LogP contribution in [0.2, 0.25) is 0 Å². The Morgan fingerprint density at radius 1 is 1.42 bits per heavy atom. The minimum absolute atomic E-state index is 0.0614. The molecule has 0 aliphatic rings. The van der Waals surface area contributed by atoms with Gasteiger partial charge in [0.05, 0.1) is 18.7 Å². The first-order valence-corrected chi connectivity index (χ1v) is 6.01. The van der Waals surface area contributed by atoms with Gasteiger partial charge in [0.15, 0.2) is 11.6 Å². The second kappa shape index (κ2) is 5.01. The summed E-state index contributed by atoms with van der Waals surface area (Å²) in [4.78, 5) is 14.2. The summed E-state index contributed by atoms with van der Waals surface area (Å²) in [6, 6.07) is 4.38. The molecule has 0 aliphatic heterocycles. The summed E-state index contributed by atoms with van der Waals surface area (Å²) in [5.41, 5.74) is 0.650. The largest absolute Gasteiger partial charge is 0.494 e. The van der Waals surface area contributed by atoms with Gasteiger partial charge < -0.3 is 4.74 Å². The van der Waals surface area contributed by atoms with Crippen LogP contribution >= 0.6 is 0 Å². The Kier molecular flexibility index (Phi) is 3.57. The molecule has 1 aromatic heterocycles. The van der Waals surface area contributed by atoms with Crippen LogP contribution in [-0.4, -0.2) is 42.6 Å². The molecule has 2 aromatic rings. The molecule has 0 radical (unpaired) electrons. The highest BCUT2D eigenvalue weighted by atomic mass is 19.1. The Hall–Kier alpha value is -1.88. The number of likely N-dealkylation sites (N-methyl/N-ethyl adjacent to an activating group) is 1. The molecule has 0 unspecified atom stereocenters. The van der Waals surface area contributed by atoms with E-state index < -0.39 is 5.82 Å². The van der Waals surface area contributed by atoms with Gasteiger partial charge in [-0.25, -0.2) is 4.39 Å². The van der Waals surface area contributed by atoms with Crippen LogP contribution < -0.4 is 4.74 Å². The molecule has 0 aliphatic carbocycles. The molecule has 0 saturated heterocycles. The van der Waals surface area contributed by atoms with Crippen LogP contribution in [0.4, 0.5) is 4.39 Å². The number of methoxy groups -OCH3 is 1. The second-order valence-electron chi connectivity index (χ2n) is 4.71. The van der Waals surface area contributed by atoms with Gasteiger partial charge in [0.2, 0.25) is 5.91 Å². The predicted octanol–water partition coefficient (Wildman–Crippen LogP) is 2.38. The number of aromatic nitrogens is 1. The number of fused-ring (bicyclic) bond motifs is 1. The Balaban J connectivity index is 2.53. The van der Waals surface area contributed by atoms with Crippen molar-refractivity contribution in [2.24, 2.45) is 0 Å². The third kappa shape index (κ3) is 2.33. The summed E-state index contributed by atoms with van der Waals surface area (Å²) in [5.74, 6) is -0.354. The molecule has 0 fully saturated rings. The first-order chi connectivity index (χ1) is 8.95. The van der Waals surface area contributed by atoms with E-state index in [-0.39, 0.29) is 17.7 Å². The molecule has 1 heterocycles. The summed E-state index contributed by atoms with van der Waals surface area (Å²) < 4.78 is 20.1. The van der Waals surface area contributed by atoms with Gasteiger partial charge in [-0.3, -0.25) is 14.3 Å². The summed E-state index contributed by atoms with van der Waals surface area (Å²) in [6.45, 7) is 1.83. The van der Waals surface area contributed by atoms with E-state index in [0.29, 0.717) is 10.9 Å². The summed E-state index contributed by atoms with van der Waals surface area (Å²) >= 11 is 0. The van der Waals surface area contributed by atoms with Gasteiger partial charge in [-0.1, -0.05) is 0 Å². The van der Waals surface area contributed by atoms with Crippen molar-refractivity contribution in [3.8, 4) is 5.75 Å². The van der Waals surface area contributed by atoms with Crippen LogP contribution in [-0.2, 0) is 0 Å². The Labute approximate surface area is 111 Å². The zero-order valence-electron chi connectivity index (χ0n) is 11.5. The maximum Gasteiger partial charge on any atom is 0.248 e. The molecule has 2 rings (SSSR count). The molecule has 1 aromatic carbocycles. The van der Waals surface area contributed by atoms with Crippen LogP contribution in [0, 0.1) is 5.82 Å². The molecule has 4 nitrogen and oxygen atoms in total. The molecule has 102 valence electrons. The fraction of sp³-hybridized carbons (Fsp3) is 0.357. The van der Waals surface area contributed by atoms with E-state index in [1.165, 1.54) is 17.7 Å². The van der Waals surface area contributed by atoms with Crippen molar-refractivity contribution in [2.75, 3.05) is 21.2 Å². The lowest BCUT2D eigenvalue weighted by molar-refractivity contribution is 0.0809. The second-order valence-corrected chi connectivity index (χ2v) is 4.71. The van der Waals surface area contributed by atoms with E-state index in [0.717, 1.165) is 0 Å². The number of nitrogens with zero attached hydrogens (tertiary/aromatic N) is 2. The van der Waals surface area contributed by atoms with Crippen molar-refractivity contribution < 1.29 is 13.9 Å². The third-order valence-corrected chi connectivity index (χ3v) is 3.33. The van der Waals surface area contributed by atoms with Gasteiger partial charge in [0.25, 0.3) is 0 Å². The zero-order valence-corrected chi connectivity index (χ0v) is 11.5. The highest BCUT2D eigenvalue weighted by Crippen LogP contribution is 2.25. The van der Waals surface area contributed by atoms with E-state index in [9.17, 15) is 9.18 Å². The van der Waals surface area contributed by atoms with Gasteiger partial charge in [0, 0.05) is 17.6 Å². The Morgan fingerprint density at radius 3 is 2.68 bits per heavy atom. The van der Waals surface area contributed by atoms with Crippen LogP contribution in [0.25, 0.3) is 10.9 Å². The molecule has 0 spiro atoms. The Bertz CT molecular complexity index is 619. The van der Waals surface area contributed by atoms with E-state index in [4.69, 9.17) is 4.74 Å². The Morgan fingerprint density at radius 2 is 2.11 bits per heavy atom. The van der Waals surface area contributed by atoms with Crippen molar-refractivity contribution in [1.29, 1.82) is 0 Å². The molecule has 0 saturated carbocycles. The zero-order chi connectivity index (χ0) is 14.2. The molecule has 19 heavy (non-hydrogen) atoms. The molecule has 0 amide bonds. The summed E-state index contributed by atoms with van der Waals surface area (Å²) in [5, 5.41) is 0.678. The molecular weight excluding hydrogens is 247 g/mol. The van der Waals surface area contributed by atoms with E-state index in [1.807, 2.05) is 25.9 Å². The lowest BCUT2D eigenvalue weighted by atomic mass is 10.2. The first kappa shape index (κ1) is 13.5. The quantitative estimate of drug-likeness (QED) is 0.853. The predicted molar refractivity (Wildman–Crippen MR) is 72.2 cm³/mol. The molecular formula is C14H17FN2O2. The van der Waals surface area contributed by atoms with Crippen molar-refractivity contribution in [1.82, 2.24) is 9.47 Å². The van der Waals surface area contributed by atoms with Crippen molar-refractivity contribution >= 4 is 16.8 Å². The number of benzene rings is 1. The van der Waals surface area contributed by atoms with Crippen LogP contribution in [0.3, 0.4) is 0 Å². The van der Waals surface area contributed by atoms with Gasteiger partial charge in [-0.2, -0.15) is 0 Å². The number of rotatable bonds is 3. The summed E-state index contributed by atoms with van der Waals surface area (Å²) in [7, 11) is 5.09. The van der Waals surface area contributed by atoms with Crippen LogP contribution in [0.1, 0.15) is 11.7 Å². The smallest absolute Gasteiger partial charge is 0.248 e. The SMILES string of the molecule is COc1cc2c(ccn2C(=O)[C@H](C)N(C)C)cc1F. The number of hydrogen-bond acceptors (Lipinski definition) is 3. The lowest BCUT2D eigenvalue weighted by Crippen LogP contribution is -2.36. The minimum atomic E-state index is -0.430. The monoisotopic (exact) mass is 264 g/mol. The number of carbonyl (C=O) groups excluding carboxylic acids is 1. The van der Waals surface area contributed by atoms with Gasteiger partial charge in [-0.15, -0.1) is 0 Å². The van der Waals surface area contributed by atoms with E-state index >= 15 is 0 Å². The molecule has 0 bridgehead atoms. The maximum absolute atomic E-state index is 13.6. The van der Waals surface area contributed by atoms with Crippen molar-refractivity contribution in [3.05, 3.63) is 30.2 Å². The van der Waals surface area contributed by atoms with Gasteiger partial charge in [-0.05, 0) is 33.2 Å². The number of carbonyl (C=O) groups is 1. The fourth-order valence-corrected chi connectivity index (χ4v) is 1.91. The number of halogens is 1. The minimum Gasteiger partial charge on any atom is -0.494 e. The van der Waals surface area contributed by atoms with Crippen molar-refractivity contribution in [2.45, 2.75) is 13.0 Å². The fourth-order valence-electron chi connectivity index (χ4n) is 1.91. The third-order valence-electron chi connectivity index (χ3n) is 3.33. The molecule has 0 N–H and O–H groups in total. The van der Waals surface area contributed by atoms with Crippen LogP contribution in [0.15, 0.2) is 24.4 Å². The average molecular weight is 264 g/mol. The normalized spacial score (nSPS) is 12.9. The standard InChI is InChI=1S/C14H17FN2O2/c1-9(16(2)3)14(18)17-6-5-10-7-11(15)13(19-4)8-12(10)17/h5-9H,1-4H3/t9-/m0/s1. The number of ether oxygens (including phenoxy) is 1. The molecule has 1 atom stereocenters. The van der Waals surface area contributed by atoms with E-state index in [1.54, 1.807) is 18.3 Å². The average Bonchev–Trinajstić information content (AvgIpc) is 2.78. The maximum atomic E-state index is 13.6. The highest BCUT2D eigenvalue weighted by molar-refractivity contribution is 5.95. The summed E-state index contributed by atoms with van der Waals surface area (Å²) in [6.07, 6.45) is 1.66. The molecule has 5 heteroatoms. The topological polar surface area (TPSA) is 34.5 Å². The highest BCUT2D eigenvalue weighted by Gasteiger charge is 2.19. The van der Waals surface area contributed by atoms with Crippen LogP contribution in [0.5, 0.6) is 5.75 Å². The van der Waals surface area contributed by atoms with Gasteiger partial charge in [0.1, 0.15) is 0 Å². The van der Waals surface area contributed by atoms with Crippen molar-refractivity contribution in [3.63, 3.8) is 0 Å². The number of hydrogen-bond donors (Lipinski definition) is 0. The van der Waals surface area contributed by atoms with E-state index in [2.05, 4.69) is 0 Å². The first-order valence-electron chi connectivity index (χ1n) is 6.01. The van der Waals surface area contributed by atoms with Gasteiger partial charge >= 0.3 is 0 Å².